The van der Waals surface area contributed by atoms with Crippen molar-refractivity contribution < 1.29 is 14.5 Å². The minimum Gasteiger partial charge on any atom is -0.327 e. The quantitative estimate of drug-likeness (QED) is 0.773. The molecule has 3 N–H and O–H groups in total. The van der Waals surface area contributed by atoms with Crippen molar-refractivity contribution in [2.45, 2.75) is 25.7 Å². The molecule has 0 spiro atoms. The van der Waals surface area contributed by atoms with E-state index in [0.717, 1.165) is 18.8 Å². The van der Waals surface area contributed by atoms with Crippen molar-refractivity contribution >= 4 is 23.2 Å². The predicted molar refractivity (Wildman–Crippen MR) is 103 cm³/mol. The number of quaternary nitrogens is 1. The Morgan fingerprint density at radius 3 is 2.19 bits per heavy atom. The van der Waals surface area contributed by atoms with Gasteiger partial charge in [-0.3, -0.25) is 9.59 Å². The molecule has 136 valence electrons. The van der Waals surface area contributed by atoms with Gasteiger partial charge in [0.25, 0.3) is 11.8 Å². The van der Waals surface area contributed by atoms with Gasteiger partial charge in [0.15, 0.2) is 6.54 Å². The highest BCUT2D eigenvalue weighted by Gasteiger charge is 2.18. The molecule has 1 fully saturated rings. The number of benzene rings is 2. The van der Waals surface area contributed by atoms with Gasteiger partial charge in [-0.15, -0.1) is 0 Å². The van der Waals surface area contributed by atoms with E-state index in [1.165, 1.54) is 30.6 Å². The largest absolute Gasteiger partial charge is 0.327 e. The molecule has 1 aliphatic rings. The molecule has 1 aliphatic heterocycles. The lowest BCUT2D eigenvalue weighted by Crippen LogP contribution is -3.12. The molecule has 0 aliphatic carbocycles. The third kappa shape index (κ3) is 5.17. The number of amides is 2. The van der Waals surface area contributed by atoms with Crippen LogP contribution in [0, 0.1) is 0 Å². The first-order valence-electron chi connectivity index (χ1n) is 9.31. The highest BCUT2D eigenvalue weighted by atomic mass is 16.2. The summed E-state index contributed by atoms with van der Waals surface area (Å²) in [6.07, 6.45) is 4.87. The van der Waals surface area contributed by atoms with Crippen molar-refractivity contribution in [3.05, 3.63) is 60.2 Å². The van der Waals surface area contributed by atoms with Gasteiger partial charge in [0, 0.05) is 5.69 Å². The molecule has 1 heterocycles. The first-order valence-corrected chi connectivity index (χ1v) is 9.31. The monoisotopic (exact) mass is 352 g/mol. The number of para-hydroxylation sites is 2. The summed E-state index contributed by atoms with van der Waals surface area (Å²) in [5.41, 5.74) is 1.75. The van der Waals surface area contributed by atoms with Crippen LogP contribution in [-0.2, 0) is 4.79 Å². The van der Waals surface area contributed by atoms with Crippen molar-refractivity contribution in [3.8, 4) is 0 Å². The molecule has 5 heteroatoms. The van der Waals surface area contributed by atoms with Crippen molar-refractivity contribution in [1.82, 2.24) is 0 Å². The molecule has 2 aromatic carbocycles. The van der Waals surface area contributed by atoms with E-state index in [9.17, 15) is 9.59 Å². The number of likely N-dealkylation sites (tertiary alicyclic amines) is 1. The second-order valence-electron chi connectivity index (χ2n) is 6.75. The lowest BCUT2D eigenvalue weighted by atomic mass is 10.1. The lowest BCUT2D eigenvalue weighted by molar-refractivity contribution is -0.890. The number of hydrogen-bond acceptors (Lipinski definition) is 2. The normalized spacial score (nSPS) is 15.1. The van der Waals surface area contributed by atoms with Crippen LogP contribution >= 0.6 is 0 Å². The summed E-state index contributed by atoms with van der Waals surface area (Å²) in [5.74, 6) is -0.268. The highest BCUT2D eigenvalue weighted by Crippen LogP contribution is 2.17. The summed E-state index contributed by atoms with van der Waals surface area (Å²) in [7, 11) is 0. The molecular formula is C21H26N3O2+. The van der Waals surface area contributed by atoms with Gasteiger partial charge in [-0.2, -0.15) is 0 Å². The number of carbonyl (C=O) groups excluding carboxylic acids is 2. The Kier molecular flexibility index (Phi) is 6.39. The van der Waals surface area contributed by atoms with Gasteiger partial charge in [-0.25, -0.2) is 0 Å². The van der Waals surface area contributed by atoms with Crippen molar-refractivity contribution in [2.75, 3.05) is 30.3 Å². The summed E-state index contributed by atoms with van der Waals surface area (Å²) < 4.78 is 0. The van der Waals surface area contributed by atoms with Gasteiger partial charge >= 0.3 is 0 Å². The number of hydrogen-bond donors (Lipinski definition) is 3. The Balaban J connectivity index is 1.64. The maximum atomic E-state index is 12.6. The van der Waals surface area contributed by atoms with Crippen LogP contribution in [0.5, 0.6) is 0 Å². The van der Waals surface area contributed by atoms with Crippen molar-refractivity contribution in [2.24, 2.45) is 0 Å². The van der Waals surface area contributed by atoms with Crippen LogP contribution in [0.1, 0.15) is 36.0 Å². The molecule has 2 amide bonds. The average Bonchev–Trinajstić information content (AvgIpc) is 2.91. The number of rotatable bonds is 5. The van der Waals surface area contributed by atoms with Gasteiger partial charge in [-0.05, 0) is 49.9 Å². The fraction of sp³-hybridized carbons (Fsp3) is 0.333. The van der Waals surface area contributed by atoms with Crippen molar-refractivity contribution in [1.29, 1.82) is 0 Å². The average molecular weight is 352 g/mol. The molecule has 0 unspecified atom stereocenters. The SMILES string of the molecule is O=C(C[NH+]1CCCCCC1)Nc1ccccc1C(=O)Nc1ccccc1. The summed E-state index contributed by atoms with van der Waals surface area (Å²) >= 11 is 0. The molecule has 26 heavy (non-hydrogen) atoms. The van der Waals surface area contributed by atoms with Gasteiger partial charge in [0.1, 0.15) is 0 Å². The number of carbonyl (C=O) groups is 2. The van der Waals surface area contributed by atoms with Gasteiger partial charge in [0.05, 0.1) is 24.3 Å². The molecule has 5 nitrogen and oxygen atoms in total. The number of anilines is 2. The van der Waals surface area contributed by atoms with Crippen LogP contribution in [0.3, 0.4) is 0 Å². The topological polar surface area (TPSA) is 62.6 Å². The molecule has 2 aromatic rings. The maximum Gasteiger partial charge on any atom is 0.279 e. The molecule has 0 saturated carbocycles. The van der Waals surface area contributed by atoms with Crippen LogP contribution in [0.25, 0.3) is 0 Å². The molecule has 1 saturated heterocycles. The maximum absolute atomic E-state index is 12.6. The molecule has 0 radical (unpaired) electrons. The third-order valence-electron chi connectivity index (χ3n) is 4.70. The van der Waals surface area contributed by atoms with Gasteiger partial charge in [0.2, 0.25) is 0 Å². The molecule has 0 aromatic heterocycles. The van der Waals surface area contributed by atoms with E-state index in [4.69, 9.17) is 0 Å². The Bertz CT molecular complexity index is 738. The Hall–Kier alpha value is -2.66. The van der Waals surface area contributed by atoms with Crippen LogP contribution < -0.4 is 15.5 Å². The van der Waals surface area contributed by atoms with Crippen LogP contribution in [-0.4, -0.2) is 31.4 Å². The second-order valence-corrected chi connectivity index (χ2v) is 6.75. The zero-order chi connectivity index (χ0) is 18.2. The van der Waals surface area contributed by atoms with Gasteiger partial charge < -0.3 is 15.5 Å². The van der Waals surface area contributed by atoms with E-state index < -0.39 is 0 Å². The van der Waals surface area contributed by atoms with E-state index in [1.807, 2.05) is 36.4 Å². The van der Waals surface area contributed by atoms with E-state index in [-0.39, 0.29) is 11.8 Å². The van der Waals surface area contributed by atoms with Crippen LogP contribution in [0.4, 0.5) is 11.4 Å². The lowest BCUT2D eigenvalue weighted by Gasteiger charge is -2.17. The first-order chi connectivity index (χ1) is 12.7. The van der Waals surface area contributed by atoms with E-state index >= 15 is 0 Å². The fourth-order valence-electron chi connectivity index (χ4n) is 3.34. The molecule has 3 rings (SSSR count). The first kappa shape index (κ1) is 18.1. The standard InChI is InChI=1S/C21H25N3O2/c25-20(16-24-14-8-1-2-9-15-24)23-19-13-7-6-12-18(19)21(26)22-17-10-4-3-5-11-17/h3-7,10-13H,1-2,8-9,14-16H2,(H,22,26)(H,23,25)/p+1. The van der Waals surface area contributed by atoms with Crippen molar-refractivity contribution in [3.63, 3.8) is 0 Å². The third-order valence-corrected chi connectivity index (χ3v) is 4.70. The minimum atomic E-state index is -0.228. The summed E-state index contributed by atoms with van der Waals surface area (Å²) in [6, 6.07) is 16.4. The summed E-state index contributed by atoms with van der Waals surface area (Å²) in [4.78, 5) is 26.4. The molecule has 0 bridgehead atoms. The minimum absolute atomic E-state index is 0.0399. The number of nitrogens with one attached hydrogen (secondary N) is 3. The highest BCUT2D eigenvalue weighted by molar-refractivity contribution is 6.10. The van der Waals surface area contributed by atoms with E-state index in [2.05, 4.69) is 10.6 Å². The zero-order valence-electron chi connectivity index (χ0n) is 15.0. The zero-order valence-corrected chi connectivity index (χ0v) is 15.0. The smallest absolute Gasteiger partial charge is 0.279 e. The summed E-state index contributed by atoms with van der Waals surface area (Å²) in [5, 5.41) is 5.79. The van der Waals surface area contributed by atoms with E-state index in [0.29, 0.717) is 17.8 Å². The van der Waals surface area contributed by atoms with Gasteiger partial charge in [-0.1, -0.05) is 30.3 Å². The van der Waals surface area contributed by atoms with Crippen LogP contribution in [0.2, 0.25) is 0 Å². The Morgan fingerprint density at radius 2 is 1.46 bits per heavy atom. The Morgan fingerprint density at radius 1 is 0.808 bits per heavy atom. The second kappa shape index (κ2) is 9.15. The molecule has 0 atom stereocenters. The van der Waals surface area contributed by atoms with E-state index in [1.54, 1.807) is 18.2 Å². The summed E-state index contributed by atoms with van der Waals surface area (Å²) in [6.45, 7) is 2.54. The predicted octanol–water partition coefficient (Wildman–Crippen LogP) is 2.34. The fourth-order valence-corrected chi connectivity index (χ4v) is 3.34. The molecular weight excluding hydrogens is 326 g/mol. The van der Waals surface area contributed by atoms with Crippen LogP contribution in [0.15, 0.2) is 54.6 Å². The Labute approximate surface area is 154 Å².